The minimum Gasteiger partial charge on any atom is -0.409 e. The number of carbonyl (C=O) groups is 1. The molecule has 1 aromatic heterocycles. The van der Waals surface area contributed by atoms with E-state index >= 15 is 0 Å². The molecule has 0 aromatic carbocycles. The summed E-state index contributed by atoms with van der Waals surface area (Å²) in [6, 6.07) is 3.61. The van der Waals surface area contributed by atoms with E-state index in [0.29, 0.717) is 17.3 Å². The standard InChI is InChI=1S/C13H19N5O2/c1-17(2)10-5-6-18(8-10)13(19)11-4-3-9(7-15-11)12(14)16-20/h3-4,7,10,20H,5-6,8H2,1-2H3,(H2,14,16). The molecule has 0 radical (unpaired) electrons. The molecule has 1 atom stereocenters. The maximum absolute atomic E-state index is 12.3. The summed E-state index contributed by atoms with van der Waals surface area (Å²) >= 11 is 0. The Labute approximate surface area is 117 Å². The third-order valence-electron chi connectivity index (χ3n) is 3.57. The van der Waals surface area contributed by atoms with Crippen molar-refractivity contribution in [3.63, 3.8) is 0 Å². The topological polar surface area (TPSA) is 95.0 Å². The molecule has 0 spiro atoms. The molecule has 0 bridgehead atoms. The zero-order valence-electron chi connectivity index (χ0n) is 11.7. The summed E-state index contributed by atoms with van der Waals surface area (Å²) in [5.41, 5.74) is 6.31. The third-order valence-corrected chi connectivity index (χ3v) is 3.57. The molecule has 0 saturated carbocycles. The molecular formula is C13H19N5O2. The zero-order valence-corrected chi connectivity index (χ0v) is 11.7. The Morgan fingerprint density at radius 3 is 2.80 bits per heavy atom. The number of nitrogens with two attached hydrogens (primary N) is 1. The summed E-state index contributed by atoms with van der Waals surface area (Å²) in [4.78, 5) is 20.3. The summed E-state index contributed by atoms with van der Waals surface area (Å²) in [6.07, 6.45) is 2.41. The Hall–Kier alpha value is -2.15. The predicted molar refractivity (Wildman–Crippen MR) is 74.7 cm³/mol. The molecule has 1 aliphatic heterocycles. The van der Waals surface area contributed by atoms with Crippen molar-refractivity contribution in [1.29, 1.82) is 0 Å². The van der Waals surface area contributed by atoms with Crippen molar-refractivity contribution < 1.29 is 10.0 Å². The van der Waals surface area contributed by atoms with E-state index in [0.717, 1.165) is 19.5 Å². The number of hydrogen-bond acceptors (Lipinski definition) is 5. The lowest BCUT2D eigenvalue weighted by Gasteiger charge is -2.20. The summed E-state index contributed by atoms with van der Waals surface area (Å²) in [5.74, 6) is -0.106. The number of amides is 1. The van der Waals surface area contributed by atoms with E-state index in [2.05, 4.69) is 15.0 Å². The number of likely N-dealkylation sites (tertiary alicyclic amines) is 1. The Morgan fingerprint density at radius 2 is 2.30 bits per heavy atom. The van der Waals surface area contributed by atoms with Gasteiger partial charge in [0.05, 0.1) is 0 Å². The van der Waals surface area contributed by atoms with Crippen LogP contribution in [0.1, 0.15) is 22.5 Å². The summed E-state index contributed by atoms with van der Waals surface area (Å²) in [7, 11) is 4.03. The van der Waals surface area contributed by atoms with Crippen LogP contribution in [0.4, 0.5) is 0 Å². The average molecular weight is 277 g/mol. The Kier molecular flexibility index (Phi) is 4.19. The van der Waals surface area contributed by atoms with Crippen molar-refractivity contribution in [2.24, 2.45) is 10.9 Å². The average Bonchev–Trinajstić information content (AvgIpc) is 2.96. The molecule has 2 rings (SSSR count). The smallest absolute Gasteiger partial charge is 0.272 e. The number of oxime groups is 1. The van der Waals surface area contributed by atoms with Gasteiger partial charge in [0.1, 0.15) is 5.69 Å². The van der Waals surface area contributed by atoms with Crippen LogP contribution in [-0.4, -0.2) is 65.0 Å². The molecule has 1 fully saturated rings. The molecule has 7 heteroatoms. The van der Waals surface area contributed by atoms with Crippen LogP contribution in [0, 0.1) is 0 Å². The largest absolute Gasteiger partial charge is 0.409 e. The second-order valence-corrected chi connectivity index (χ2v) is 5.07. The van der Waals surface area contributed by atoms with Crippen LogP contribution in [0.15, 0.2) is 23.5 Å². The minimum absolute atomic E-state index is 0.0228. The first-order chi connectivity index (χ1) is 9.52. The Bertz CT molecular complexity index is 512. The maximum atomic E-state index is 12.3. The second kappa shape index (κ2) is 5.87. The van der Waals surface area contributed by atoms with E-state index < -0.39 is 0 Å². The van der Waals surface area contributed by atoms with Crippen LogP contribution in [0.5, 0.6) is 0 Å². The molecule has 3 N–H and O–H groups in total. The molecule has 1 unspecified atom stereocenters. The van der Waals surface area contributed by atoms with E-state index in [-0.39, 0.29) is 11.7 Å². The number of pyridine rings is 1. The van der Waals surface area contributed by atoms with Crippen LogP contribution in [0.2, 0.25) is 0 Å². The van der Waals surface area contributed by atoms with Gasteiger partial charge in [-0.1, -0.05) is 5.16 Å². The van der Waals surface area contributed by atoms with Crippen molar-refractivity contribution >= 4 is 11.7 Å². The van der Waals surface area contributed by atoms with Gasteiger partial charge in [-0.3, -0.25) is 9.78 Å². The van der Waals surface area contributed by atoms with Gasteiger partial charge in [-0.25, -0.2) is 0 Å². The first-order valence-electron chi connectivity index (χ1n) is 6.42. The molecule has 7 nitrogen and oxygen atoms in total. The highest BCUT2D eigenvalue weighted by molar-refractivity contribution is 5.98. The van der Waals surface area contributed by atoms with Gasteiger partial charge in [0, 0.05) is 30.9 Å². The van der Waals surface area contributed by atoms with E-state index in [4.69, 9.17) is 10.9 Å². The zero-order chi connectivity index (χ0) is 14.7. The van der Waals surface area contributed by atoms with E-state index in [1.165, 1.54) is 6.20 Å². The Morgan fingerprint density at radius 1 is 1.55 bits per heavy atom. The van der Waals surface area contributed by atoms with Gasteiger partial charge >= 0.3 is 0 Å². The first-order valence-corrected chi connectivity index (χ1v) is 6.42. The molecule has 108 valence electrons. The number of aromatic nitrogens is 1. The van der Waals surface area contributed by atoms with Gasteiger partial charge < -0.3 is 20.7 Å². The summed E-state index contributed by atoms with van der Waals surface area (Å²) < 4.78 is 0. The van der Waals surface area contributed by atoms with E-state index in [1.807, 2.05) is 14.1 Å². The molecule has 1 aliphatic rings. The number of rotatable bonds is 3. The highest BCUT2D eigenvalue weighted by Crippen LogP contribution is 2.15. The van der Waals surface area contributed by atoms with Gasteiger partial charge in [0.2, 0.25) is 0 Å². The normalized spacial score (nSPS) is 19.6. The third kappa shape index (κ3) is 2.88. The fourth-order valence-corrected chi connectivity index (χ4v) is 2.24. The van der Waals surface area contributed by atoms with Crippen LogP contribution in [-0.2, 0) is 0 Å². The van der Waals surface area contributed by atoms with Gasteiger partial charge in [-0.05, 0) is 32.6 Å². The van der Waals surface area contributed by atoms with Crippen molar-refractivity contribution in [1.82, 2.24) is 14.8 Å². The van der Waals surface area contributed by atoms with Crippen LogP contribution in [0.25, 0.3) is 0 Å². The number of amidine groups is 1. The van der Waals surface area contributed by atoms with Gasteiger partial charge in [-0.2, -0.15) is 0 Å². The fourth-order valence-electron chi connectivity index (χ4n) is 2.24. The number of nitrogens with zero attached hydrogens (tertiary/aromatic N) is 4. The monoisotopic (exact) mass is 277 g/mol. The number of carbonyl (C=O) groups excluding carboxylic acids is 1. The lowest BCUT2D eigenvalue weighted by molar-refractivity contribution is 0.0777. The molecule has 2 heterocycles. The van der Waals surface area contributed by atoms with Crippen molar-refractivity contribution in [2.45, 2.75) is 12.5 Å². The highest BCUT2D eigenvalue weighted by atomic mass is 16.4. The lowest BCUT2D eigenvalue weighted by Crippen LogP contribution is -2.34. The first kappa shape index (κ1) is 14.3. The molecule has 0 aliphatic carbocycles. The van der Waals surface area contributed by atoms with Crippen molar-refractivity contribution in [3.05, 3.63) is 29.6 Å². The predicted octanol–water partition coefficient (Wildman–Crippen LogP) is -0.0478. The summed E-state index contributed by atoms with van der Waals surface area (Å²) in [5, 5.41) is 11.5. The SMILES string of the molecule is CN(C)C1CCN(C(=O)c2ccc(C(N)=NO)cn2)C1. The quantitative estimate of drug-likeness (QED) is 0.350. The Balaban J connectivity index is 2.07. The van der Waals surface area contributed by atoms with Gasteiger partial charge in [0.25, 0.3) is 5.91 Å². The van der Waals surface area contributed by atoms with E-state index in [9.17, 15) is 4.79 Å². The highest BCUT2D eigenvalue weighted by Gasteiger charge is 2.28. The number of hydrogen-bond donors (Lipinski definition) is 2. The van der Waals surface area contributed by atoms with Gasteiger partial charge in [0.15, 0.2) is 5.84 Å². The molecule has 1 amide bonds. The van der Waals surface area contributed by atoms with Crippen molar-refractivity contribution in [3.8, 4) is 0 Å². The van der Waals surface area contributed by atoms with Crippen LogP contribution >= 0.6 is 0 Å². The number of likely N-dealkylation sites (N-methyl/N-ethyl adjacent to an activating group) is 1. The maximum Gasteiger partial charge on any atom is 0.272 e. The minimum atomic E-state index is -0.0830. The van der Waals surface area contributed by atoms with Crippen LogP contribution < -0.4 is 5.73 Å². The molecule has 1 saturated heterocycles. The summed E-state index contributed by atoms with van der Waals surface area (Å²) in [6.45, 7) is 1.46. The second-order valence-electron chi connectivity index (χ2n) is 5.07. The van der Waals surface area contributed by atoms with Gasteiger partial charge in [-0.15, -0.1) is 0 Å². The van der Waals surface area contributed by atoms with Crippen molar-refractivity contribution in [2.75, 3.05) is 27.2 Å². The lowest BCUT2D eigenvalue weighted by atomic mass is 10.2. The fraction of sp³-hybridized carbons (Fsp3) is 0.462. The molecule has 1 aromatic rings. The molecular weight excluding hydrogens is 258 g/mol. The van der Waals surface area contributed by atoms with E-state index in [1.54, 1.807) is 17.0 Å². The van der Waals surface area contributed by atoms with Crippen LogP contribution in [0.3, 0.4) is 0 Å². The molecule has 20 heavy (non-hydrogen) atoms.